The molecule has 0 aromatic heterocycles. The van der Waals surface area contributed by atoms with E-state index in [1.54, 1.807) is 0 Å². The fourth-order valence-electron chi connectivity index (χ4n) is 3.72. The molecule has 1 aromatic carbocycles. The Hall–Kier alpha value is -2.20. The zero-order chi connectivity index (χ0) is 19.1. The minimum absolute atomic E-state index is 0.0951. The van der Waals surface area contributed by atoms with Crippen LogP contribution in [0.2, 0.25) is 0 Å². The number of nitrogens with two attached hydrogens (primary N) is 1. The molecule has 0 spiro atoms. The monoisotopic (exact) mass is 354 g/mol. The summed E-state index contributed by atoms with van der Waals surface area (Å²) in [4.78, 5) is 4.77. The Kier molecular flexibility index (Phi) is 7.34. The highest BCUT2D eigenvalue weighted by atomic mass is 15.2. The van der Waals surface area contributed by atoms with Crippen LogP contribution < -0.4 is 16.0 Å². The normalized spacial score (nSPS) is 14.2. The van der Waals surface area contributed by atoms with Crippen LogP contribution in [0.1, 0.15) is 37.3 Å². The van der Waals surface area contributed by atoms with E-state index >= 15 is 0 Å². The highest BCUT2D eigenvalue weighted by molar-refractivity contribution is 5.80. The van der Waals surface area contributed by atoms with Crippen LogP contribution in [0.5, 0.6) is 0 Å². The predicted octanol–water partition coefficient (Wildman–Crippen LogP) is 3.72. The fraction of sp³-hybridized carbons (Fsp3) is 0.455. The van der Waals surface area contributed by atoms with E-state index in [1.807, 2.05) is 13.1 Å². The molecule has 0 saturated carbocycles. The van der Waals surface area contributed by atoms with Crippen molar-refractivity contribution in [3.8, 4) is 0 Å². The Morgan fingerprint density at radius 3 is 2.81 bits per heavy atom. The van der Waals surface area contributed by atoms with Crippen LogP contribution in [0, 0.1) is 0 Å². The van der Waals surface area contributed by atoms with Crippen molar-refractivity contribution >= 4 is 11.4 Å². The van der Waals surface area contributed by atoms with Gasteiger partial charge in [0.15, 0.2) is 0 Å². The lowest BCUT2D eigenvalue weighted by atomic mass is 10.0. The summed E-state index contributed by atoms with van der Waals surface area (Å²) in [5.74, 6) is 0. The second-order valence-electron chi connectivity index (χ2n) is 6.93. The number of anilines is 1. The summed E-state index contributed by atoms with van der Waals surface area (Å²) in [6.45, 7) is 18.3. The number of allylic oxidation sites excluding steroid dienone is 1. The van der Waals surface area contributed by atoms with Gasteiger partial charge >= 0.3 is 0 Å². The number of hydrogen-bond acceptors (Lipinski definition) is 4. The lowest BCUT2D eigenvalue weighted by Crippen LogP contribution is -2.34. The zero-order valence-electron chi connectivity index (χ0n) is 16.4. The van der Waals surface area contributed by atoms with Gasteiger partial charge in [-0.3, -0.25) is 0 Å². The van der Waals surface area contributed by atoms with E-state index in [0.29, 0.717) is 5.70 Å². The van der Waals surface area contributed by atoms with Crippen LogP contribution >= 0.6 is 0 Å². The number of hydrogen-bond donors (Lipinski definition) is 2. The van der Waals surface area contributed by atoms with E-state index in [-0.39, 0.29) is 6.04 Å². The molecule has 0 bridgehead atoms. The summed E-state index contributed by atoms with van der Waals surface area (Å²) in [6.07, 6.45) is 4.89. The maximum absolute atomic E-state index is 6.14. The maximum atomic E-state index is 6.14. The predicted molar refractivity (Wildman–Crippen MR) is 114 cm³/mol. The molecule has 1 aromatic rings. The molecule has 3 N–H and O–H groups in total. The average Bonchev–Trinajstić information content (AvgIpc) is 2.95. The van der Waals surface area contributed by atoms with Gasteiger partial charge in [0.1, 0.15) is 0 Å². The van der Waals surface area contributed by atoms with Crippen LogP contribution in [0.15, 0.2) is 49.7 Å². The average molecular weight is 355 g/mol. The van der Waals surface area contributed by atoms with Crippen molar-refractivity contribution in [1.82, 2.24) is 10.2 Å². The molecular weight excluding hydrogens is 320 g/mol. The molecule has 4 heteroatoms. The molecule has 4 nitrogen and oxygen atoms in total. The first-order valence-electron chi connectivity index (χ1n) is 9.57. The molecule has 0 aliphatic carbocycles. The van der Waals surface area contributed by atoms with Gasteiger partial charge in [0.25, 0.3) is 0 Å². The zero-order valence-corrected chi connectivity index (χ0v) is 16.4. The van der Waals surface area contributed by atoms with E-state index in [0.717, 1.165) is 51.1 Å². The first-order valence-corrected chi connectivity index (χ1v) is 9.57. The Morgan fingerprint density at radius 2 is 2.19 bits per heavy atom. The van der Waals surface area contributed by atoms with E-state index in [1.165, 1.54) is 16.8 Å². The minimum atomic E-state index is 0.0951. The molecule has 1 atom stereocenters. The van der Waals surface area contributed by atoms with Crippen molar-refractivity contribution in [3.05, 3.63) is 60.8 Å². The molecule has 1 aliphatic heterocycles. The third-order valence-electron chi connectivity index (χ3n) is 5.02. The van der Waals surface area contributed by atoms with Gasteiger partial charge < -0.3 is 20.9 Å². The number of benzene rings is 1. The lowest BCUT2D eigenvalue weighted by molar-refractivity contribution is 0.319. The molecule has 0 saturated heterocycles. The van der Waals surface area contributed by atoms with E-state index < -0.39 is 0 Å². The largest absolute Gasteiger partial charge is 0.401 e. The van der Waals surface area contributed by atoms with Crippen molar-refractivity contribution in [2.45, 2.75) is 38.8 Å². The summed E-state index contributed by atoms with van der Waals surface area (Å²) >= 11 is 0. The smallest absolute Gasteiger partial charge is 0.0687 e. The minimum Gasteiger partial charge on any atom is -0.401 e. The van der Waals surface area contributed by atoms with Crippen molar-refractivity contribution in [2.24, 2.45) is 5.73 Å². The Labute approximate surface area is 159 Å². The fourth-order valence-corrected chi connectivity index (χ4v) is 3.72. The third kappa shape index (κ3) is 4.31. The highest BCUT2D eigenvalue weighted by Crippen LogP contribution is 2.40. The molecule has 142 valence electrons. The van der Waals surface area contributed by atoms with Gasteiger partial charge in [-0.25, -0.2) is 0 Å². The van der Waals surface area contributed by atoms with Gasteiger partial charge in [0.05, 0.1) is 6.04 Å². The molecule has 1 unspecified atom stereocenters. The van der Waals surface area contributed by atoms with E-state index in [9.17, 15) is 0 Å². The van der Waals surface area contributed by atoms with Crippen molar-refractivity contribution < 1.29 is 0 Å². The number of fused-ring (bicyclic) bond motifs is 1. The van der Waals surface area contributed by atoms with Crippen LogP contribution in [0.3, 0.4) is 0 Å². The van der Waals surface area contributed by atoms with Gasteiger partial charge in [-0.05, 0) is 37.9 Å². The molecule has 1 heterocycles. The van der Waals surface area contributed by atoms with Gasteiger partial charge in [0, 0.05) is 48.8 Å². The number of nitrogens with one attached hydrogen (secondary N) is 1. The highest BCUT2D eigenvalue weighted by Gasteiger charge is 2.31. The van der Waals surface area contributed by atoms with Gasteiger partial charge in [-0.15, -0.1) is 6.58 Å². The van der Waals surface area contributed by atoms with E-state index in [4.69, 9.17) is 5.73 Å². The Bertz CT molecular complexity index is 650. The summed E-state index contributed by atoms with van der Waals surface area (Å²) in [5.41, 5.74) is 11.8. The summed E-state index contributed by atoms with van der Waals surface area (Å²) in [5, 5.41) is 3.26. The second-order valence-corrected chi connectivity index (χ2v) is 6.93. The maximum Gasteiger partial charge on any atom is 0.0687 e. The summed E-state index contributed by atoms with van der Waals surface area (Å²) in [7, 11) is 2.00. The molecule has 0 radical (unpaired) electrons. The Balaban J connectivity index is 2.34. The quantitative estimate of drug-likeness (QED) is 0.595. The summed E-state index contributed by atoms with van der Waals surface area (Å²) < 4.78 is 0. The molecular formula is C22H34N4. The number of nitrogens with zero attached hydrogens (tertiary/aromatic N) is 2. The van der Waals surface area contributed by atoms with Crippen molar-refractivity contribution in [2.75, 3.05) is 31.6 Å². The molecule has 1 aliphatic rings. The van der Waals surface area contributed by atoms with Crippen LogP contribution in [0.4, 0.5) is 5.69 Å². The Morgan fingerprint density at radius 1 is 1.42 bits per heavy atom. The summed E-state index contributed by atoms with van der Waals surface area (Å²) in [6, 6.07) is 6.67. The van der Waals surface area contributed by atoms with Crippen LogP contribution in [-0.2, 0) is 6.54 Å². The topological polar surface area (TPSA) is 44.5 Å². The number of rotatable bonds is 11. The first-order chi connectivity index (χ1) is 12.5. The third-order valence-corrected chi connectivity index (χ3v) is 5.02. The first kappa shape index (κ1) is 20.1. The molecule has 26 heavy (non-hydrogen) atoms. The van der Waals surface area contributed by atoms with Gasteiger partial charge in [-0.2, -0.15) is 0 Å². The van der Waals surface area contributed by atoms with Gasteiger partial charge in [-0.1, -0.05) is 38.3 Å². The standard InChI is InChI=1S/C22H34N4/c1-6-8-11-20(17(3)23)26-16-19-10-9-12-21(22(19)18(26)4)25(14-7-2)15-13-24-5/h6,9-10,12,20,24H,1,3-4,7-8,11,13-16,23H2,2,5H3. The second kappa shape index (κ2) is 9.48. The van der Waals surface area contributed by atoms with Crippen LogP contribution in [0.25, 0.3) is 5.70 Å². The molecule has 0 fully saturated rings. The lowest BCUT2D eigenvalue weighted by Gasteiger charge is -2.31. The molecule has 0 amide bonds. The van der Waals surface area contributed by atoms with E-state index in [2.05, 4.69) is 60.0 Å². The molecule has 2 rings (SSSR count). The van der Waals surface area contributed by atoms with Crippen molar-refractivity contribution in [3.63, 3.8) is 0 Å². The van der Waals surface area contributed by atoms with Gasteiger partial charge in [0.2, 0.25) is 0 Å². The SMILES string of the molecule is C=CCCC(C(=C)N)N1Cc2cccc(N(CCC)CCNC)c2C1=C. The number of likely N-dealkylation sites (N-methyl/N-ethyl adjacent to an activating group) is 1. The van der Waals surface area contributed by atoms with Crippen LogP contribution in [-0.4, -0.2) is 37.6 Å². The van der Waals surface area contributed by atoms with Crippen molar-refractivity contribution in [1.29, 1.82) is 0 Å².